The molecule has 0 radical (unpaired) electrons. The fourth-order valence-electron chi connectivity index (χ4n) is 2.10. The molecule has 2 unspecified atom stereocenters. The maximum atomic E-state index is 11.1. The van der Waals surface area contributed by atoms with Crippen LogP contribution in [0.15, 0.2) is 18.2 Å². The molecule has 1 heterocycles. The molecule has 1 aliphatic rings. The number of anilines is 1. The number of hydrogen-bond acceptors (Lipinski definition) is 3. The predicted molar refractivity (Wildman–Crippen MR) is 73.6 cm³/mol. The van der Waals surface area contributed by atoms with Gasteiger partial charge in [-0.2, -0.15) is 11.8 Å². The van der Waals surface area contributed by atoms with Crippen LogP contribution in [0.1, 0.15) is 29.3 Å². The molecule has 0 aromatic heterocycles. The van der Waals surface area contributed by atoms with Crippen LogP contribution in [0, 0.1) is 6.92 Å². The lowest BCUT2D eigenvalue weighted by molar-refractivity contribution is 0.1000. The summed E-state index contributed by atoms with van der Waals surface area (Å²) in [6, 6.07) is 6.10. The topological polar surface area (TPSA) is 55.1 Å². The van der Waals surface area contributed by atoms with Crippen molar-refractivity contribution in [3.8, 4) is 0 Å². The molecule has 0 spiro atoms. The summed E-state index contributed by atoms with van der Waals surface area (Å²) in [6.07, 6.45) is 1.20. The van der Waals surface area contributed by atoms with Gasteiger partial charge in [0, 0.05) is 22.5 Å². The Morgan fingerprint density at radius 3 is 2.82 bits per heavy atom. The van der Waals surface area contributed by atoms with Gasteiger partial charge in [-0.25, -0.2) is 0 Å². The van der Waals surface area contributed by atoms with Gasteiger partial charge in [0.2, 0.25) is 5.91 Å². The molecule has 1 aromatic rings. The van der Waals surface area contributed by atoms with Crippen molar-refractivity contribution in [2.75, 3.05) is 11.1 Å². The van der Waals surface area contributed by atoms with Crippen LogP contribution in [0.3, 0.4) is 0 Å². The van der Waals surface area contributed by atoms with Gasteiger partial charge >= 0.3 is 0 Å². The molecule has 1 amide bonds. The second kappa shape index (κ2) is 5.00. The minimum absolute atomic E-state index is 0.371. The number of benzene rings is 1. The van der Waals surface area contributed by atoms with Gasteiger partial charge in [-0.05, 0) is 42.9 Å². The van der Waals surface area contributed by atoms with Gasteiger partial charge in [0.25, 0.3) is 0 Å². The Morgan fingerprint density at radius 2 is 2.29 bits per heavy atom. The molecule has 0 bridgehead atoms. The lowest BCUT2D eigenvalue weighted by Crippen LogP contribution is -2.25. The summed E-state index contributed by atoms with van der Waals surface area (Å²) in [4.78, 5) is 11.1. The molecule has 3 N–H and O–H groups in total. The maximum Gasteiger partial charge on any atom is 0.248 e. The van der Waals surface area contributed by atoms with Crippen molar-refractivity contribution < 1.29 is 4.79 Å². The highest BCUT2D eigenvalue weighted by molar-refractivity contribution is 8.00. The third-order valence-corrected chi connectivity index (χ3v) is 4.55. The summed E-state index contributed by atoms with van der Waals surface area (Å²) in [5.74, 6) is 0.849. The third-order valence-electron chi connectivity index (χ3n) is 3.23. The van der Waals surface area contributed by atoms with Crippen molar-refractivity contribution in [3.63, 3.8) is 0 Å². The van der Waals surface area contributed by atoms with Gasteiger partial charge in [-0.15, -0.1) is 0 Å². The van der Waals surface area contributed by atoms with Gasteiger partial charge in [0.1, 0.15) is 0 Å². The summed E-state index contributed by atoms with van der Waals surface area (Å²) < 4.78 is 0. The van der Waals surface area contributed by atoms with Crippen LogP contribution in [-0.2, 0) is 0 Å². The molecule has 92 valence electrons. The van der Waals surface area contributed by atoms with Crippen LogP contribution in [0.4, 0.5) is 5.69 Å². The number of rotatable bonds is 3. The van der Waals surface area contributed by atoms with Crippen molar-refractivity contribution in [3.05, 3.63) is 29.3 Å². The fourth-order valence-corrected chi connectivity index (χ4v) is 3.30. The van der Waals surface area contributed by atoms with E-state index in [1.165, 1.54) is 12.2 Å². The van der Waals surface area contributed by atoms with Crippen molar-refractivity contribution in [1.82, 2.24) is 0 Å². The van der Waals surface area contributed by atoms with Gasteiger partial charge in [-0.3, -0.25) is 4.79 Å². The van der Waals surface area contributed by atoms with Crippen LogP contribution >= 0.6 is 11.8 Å². The summed E-state index contributed by atoms with van der Waals surface area (Å²) in [7, 11) is 0. The summed E-state index contributed by atoms with van der Waals surface area (Å²) in [6.45, 7) is 4.25. The molecule has 1 fully saturated rings. The zero-order chi connectivity index (χ0) is 12.4. The first kappa shape index (κ1) is 12.3. The standard InChI is InChI=1S/C13H18N2OS/c1-8-7-10(13(14)16)3-4-11(8)15-12-5-6-17-9(12)2/h3-4,7,9,12,15H,5-6H2,1-2H3,(H2,14,16). The second-order valence-corrected chi connectivity index (χ2v) is 5.99. The Morgan fingerprint density at radius 1 is 1.53 bits per heavy atom. The maximum absolute atomic E-state index is 11.1. The lowest BCUT2D eigenvalue weighted by atomic mass is 10.1. The number of nitrogens with two attached hydrogens (primary N) is 1. The van der Waals surface area contributed by atoms with Gasteiger partial charge in [0.15, 0.2) is 0 Å². The number of amides is 1. The van der Waals surface area contributed by atoms with Gasteiger partial charge < -0.3 is 11.1 Å². The van der Waals surface area contributed by atoms with Gasteiger partial charge in [-0.1, -0.05) is 6.92 Å². The van der Waals surface area contributed by atoms with E-state index in [9.17, 15) is 4.79 Å². The Kier molecular flexibility index (Phi) is 3.62. The molecule has 1 aliphatic heterocycles. The van der Waals surface area contributed by atoms with E-state index < -0.39 is 0 Å². The molecule has 0 saturated carbocycles. The van der Waals surface area contributed by atoms with E-state index in [1.54, 1.807) is 6.07 Å². The highest BCUT2D eigenvalue weighted by Gasteiger charge is 2.23. The van der Waals surface area contributed by atoms with Gasteiger partial charge in [0.05, 0.1) is 0 Å². The SMILES string of the molecule is Cc1cc(C(N)=O)ccc1NC1CCSC1C. The monoisotopic (exact) mass is 250 g/mol. The first-order chi connectivity index (χ1) is 8.08. The first-order valence-corrected chi connectivity index (χ1v) is 6.91. The number of aryl methyl sites for hydroxylation is 1. The molecule has 2 atom stereocenters. The summed E-state index contributed by atoms with van der Waals surface area (Å²) in [5.41, 5.74) is 8.01. The number of carbonyl (C=O) groups excluding carboxylic acids is 1. The lowest BCUT2D eigenvalue weighted by Gasteiger charge is -2.19. The zero-order valence-corrected chi connectivity index (χ0v) is 11.0. The molecule has 17 heavy (non-hydrogen) atoms. The zero-order valence-electron chi connectivity index (χ0n) is 10.2. The average molecular weight is 250 g/mol. The average Bonchev–Trinajstić information content (AvgIpc) is 2.67. The predicted octanol–water partition coefficient (Wildman–Crippen LogP) is 2.40. The number of primary amides is 1. The molecular weight excluding hydrogens is 232 g/mol. The second-order valence-electron chi connectivity index (χ2n) is 4.51. The Labute approximate surface area is 106 Å². The molecule has 0 aliphatic carbocycles. The van der Waals surface area contributed by atoms with E-state index in [4.69, 9.17) is 5.73 Å². The summed E-state index contributed by atoms with van der Waals surface area (Å²) in [5, 5.41) is 4.20. The van der Waals surface area contributed by atoms with Crippen molar-refractivity contribution in [2.24, 2.45) is 5.73 Å². The Balaban J connectivity index is 2.14. The van der Waals surface area contributed by atoms with E-state index >= 15 is 0 Å². The minimum atomic E-state index is -0.371. The molecule has 4 heteroatoms. The van der Waals surface area contributed by atoms with Crippen LogP contribution < -0.4 is 11.1 Å². The highest BCUT2D eigenvalue weighted by atomic mass is 32.2. The smallest absolute Gasteiger partial charge is 0.248 e. The van der Waals surface area contributed by atoms with Crippen molar-refractivity contribution in [1.29, 1.82) is 0 Å². The van der Waals surface area contributed by atoms with E-state index in [2.05, 4.69) is 12.2 Å². The normalized spacial score (nSPS) is 23.6. The van der Waals surface area contributed by atoms with Crippen LogP contribution in [0.5, 0.6) is 0 Å². The Hall–Kier alpha value is -1.16. The molecule has 1 saturated heterocycles. The summed E-state index contributed by atoms with van der Waals surface area (Å²) >= 11 is 2.00. The number of carbonyl (C=O) groups is 1. The van der Waals surface area contributed by atoms with Crippen LogP contribution in [0.25, 0.3) is 0 Å². The van der Waals surface area contributed by atoms with E-state index in [-0.39, 0.29) is 5.91 Å². The van der Waals surface area contributed by atoms with E-state index in [0.29, 0.717) is 16.9 Å². The molecular formula is C13H18N2OS. The molecule has 2 rings (SSSR count). The largest absolute Gasteiger partial charge is 0.381 e. The van der Waals surface area contributed by atoms with E-state index in [0.717, 1.165) is 11.3 Å². The van der Waals surface area contributed by atoms with Crippen molar-refractivity contribution in [2.45, 2.75) is 31.6 Å². The van der Waals surface area contributed by atoms with Crippen LogP contribution in [0.2, 0.25) is 0 Å². The first-order valence-electron chi connectivity index (χ1n) is 5.86. The number of thioether (sulfide) groups is 1. The third kappa shape index (κ3) is 2.75. The number of hydrogen-bond donors (Lipinski definition) is 2. The molecule has 1 aromatic carbocycles. The number of nitrogens with one attached hydrogen (secondary N) is 1. The highest BCUT2D eigenvalue weighted by Crippen LogP contribution is 2.29. The molecule has 3 nitrogen and oxygen atoms in total. The van der Waals surface area contributed by atoms with Crippen molar-refractivity contribution >= 4 is 23.4 Å². The quantitative estimate of drug-likeness (QED) is 0.866. The minimum Gasteiger partial charge on any atom is -0.381 e. The van der Waals surface area contributed by atoms with E-state index in [1.807, 2.05) is 30.8 Å². The fraction of sp³-hybridized carbons (Fsp3) is 0.462. The van der Waals surface area contributed by atoms with Crippen LogP contribution in [-0.4, -0.2) is 23.0 Å². The Bertz CT molecular complexity index is 433.